The van der Waals surface area contributed by atoms with Crippen molar-refractivity contribution in [3.05, 3.63) is 40.1 Å². The summed E-state index contributed by atoms with van der Waals surface area (Å²) in [7, 11) is 1.99. The van der Waals surface area contributed by atoms with Crippen molar-refractivity contribution < 1.29 is 4.74 Å². The molecule has 0 spiro atoms. The van der Waals surface area contributed by atoms with Gasteiger partial charge in [-0.25, -0.2) is 0 Å². The SMILES string of the molecule is Cc1nnc(N2CCOC(c3ccc(Br)cc3)C2)n1C. The van der Waals surface area contributed by atoms with E-state index < -0.39 is 0 Å². The molecule has 1 aromatic carbocycles. The van der Waals surface area contributed by atoms with Crippen LogP contribution < -0.4 is 4.90 Å². The van der Waals surface area contributed by atoms with Crippen LogP contribution in [0, 0.1) is 6.92 Å². The third-order valence-corrected chi connectivity index (χ3v) is 4.19. The molecule has 1 aliphatic rings. The van der Waals surface area contributed by atoms with Crippen LogP contribution in [0.5, 0.6) is 0 Å². The molecule has 0 saturated carbocycles. The van der Waals surface area contributed by atoms with Crippen molar-refractivity contribution in [3.8, 4) is 0 Å². The number of hydrogen-bond acceptors (Lipinski definition) is 4. The fourth-order valence-corrected chi connectivity index (χ4v) is 2.65. The van der Waals surface area contributed by atoms with Crippen LogP contribution in [0.2, 0.25) is 0 Å². The molecule has 106 valence electrons. The number of benzene rings is 1. The van der Waals surface area contributed by atoms with E-state index in [4.69, 9.17) is 4.74 Å². The van der Waals surface area contributed by atoms with Gasteiger partial charge in [-0.3, -0.25) is 0 Å². The highest BCUT2D eigenvalue weighted by atomic mass is 79.9. The van der Waals surface area contributed by atoms with E-state index >= 15 is 0 Å². The summed E-state index contributed by atoms with van der Waals surface area (Å²) in [5.74, 6) is 1.83. The monoisotopic (exact) mass is 336 g/mol. The number of morpholine rings is 1. The molecular formula is C14H17BrN4O. The average molecular weight is 337 g/mol. The van der Waals surface area contributed by atoms with Gasteiger partial charge in [-0.2, -0.15) is 0 Å². The molecule has 3 rings (SSSR count). The molecule has 2 heterocycles. The zero-order valence-corrected chi connectivity index (χ0v) is 13.2. The van der Waals surface area contributed by atoms with Crippen molar-refractivity contribution >= 4 is 21.9 Å². The summed E-state index contributed by atoms with van der Waals surface area (Å²) in [5, 5.41) is 8.38. The molecule has 1 saturated heterocycles. The van der Waals surface area contributed by atoms with E-state index in [0.29, 0.717) is 6.61 Å². The second-order valence-corrected chi connectivity index (χ2v) is 5.88. The summed E-state index contributed by atoms with van der Waals surface area (Å²) in [6, 6.07) is 8.29. The molecule has 2 aromatic rings. The number of rotatable bonds is 2. The van der Waals surface area contributed by atoms with Gasteiger partial charge in [0.2, 0.25) is 5.95 Å². The van der Waals surface area contributed by atoms with E-state index in [9.17, 15) is 0 Å². The topological polar surface area (TPSA) is 43.2 Å². The fraction of sp³-hybridized carbons (Fsp3) is 0.429. The molecule has 1 unspecified atom stereocenters. The molecule has 1 aromatic heterocycles. The van der Waals surface area contributed by atoms with Crippen LogP contribution >= 0.6 is 15.9 Å². The molecule has 1 fully saturated rings. The predicted octanol–water partition coefficient (Wildman–Crippen LogP) is 2.46. The molecule has 6 heteroatoms. The quantitative estimate of drug-likeness (QED) is 0.844. The van der Waals surface area contributed by atoms with Crippen LogP contribution in [0.4, 0.5) is 5.95 Å². The van der Waals surface area contributed by atoms with Gasteiger partial charge < -0.3 is 14.2 Å². The van der Waals surface area contributed by atoms with Crippen molar-refractivity contribution in [2.45, 2.75) is 13.0 Å². The Kier molecular flexibility index (Phi) is 3.76. The number of hydrogen-bond donors (Lipinski definition) is 0. The first-order valence-corrected chi connectivity index (χ1v) is 7.42. The molecule has 1 aliphatic heterocycles. The summed E-state index contributed by atoms with van der Waals surface area (Å²) >= 11 is 3.46. The number of nitrogens with zero attached hydrogens (tertiary/aromatic N) is 4. The Morgan fingerprint density at radius 2 is 2.00 bits per heavy atom. The van der Waals surface area contributed by atoms with Crippen molar-refractivity contribution in [1.29, 1.82) is 0 Å². The van der Waals surface area contributed by atoms with Gasteiger partial charge in [0.15, 0.2) is 0 Å². The van der Waals surface area contributed by atoms with E-state index in [1.165, 1.54) is 5.56 Å². The Hall–Kier alpha value is -1.40. The maximum atomic E-state index is 5.89. The van der Waals surface area contributed by atoms with Crippen molar-refractivity contribution in [2.24, 2.45) is 7.05 Å². The molecule has 0 aliphatic carbocycles. The smallest absolute Gasteiger partial charge is 0.227 e. The number of aromatic nitrogens is 3. The van der Waals surface area contributed by atoms with Gasteiger partial charge in [0.25, 0.3) is 0 Å². The molecular weight excluding hydrogens is 320 g/mol. The molecule has 1 atom stereocenters. The van der Waals surface area contributed by atoms with Crippen molar-refractivity contribution in [1.82, 2.24) is 14.8 Å². The molecule has 5 nitrogen and oxygen atoms in total. The number of aryl methyl sites for hydroxylation is 1. The fourth-order valence-electron chi connectivity index (χ4n) is 2.38. The zero-order valence-electron chi connectivity index (χ0n) is 11.6. The Morgan fingerprint density at radius 1 is 1.25 bits per heavy atom. The normalized spacial score (nSPS) is 19.4. The van der Waals surface area contributed by atoms with E-state index in [-0.39, 0.29) is 6.10 Å². The highest BCUT2D eigenvalue weighted by Gasteiger charge is 2.25. The van der Waals surface area contributed by atoms with Gasteiger partial charge in [0, 0.05) is 18.1 Å². The highest BCUT2D eigenvalue weighted by Crippen LogP contribution is 2.26. The van der Waals surface area contributed by atoms with Gasteiger partial charge in [-0.1, -0.05) is 28.1 Å². The van der Waals surface area contributed by atoms with Crippen LogP contribution in [-0.4, -0.2) is 34.5 Å². The lowest BCUT2D eigenvalue weighted by atomic mass is 10.1. The van der Waals surface area contributed by atoms with Crippen LogP contribution in [0.1, 0.15) is 17.5 Å². The number of anilines is 1. The minimum absolute atomic E-state index is 0.0776. The second kappa shape index (κ2) is 5.54. The Labute approximate surface area is 126 Å². The van der Waals surface area contributed by atoms with Gasteiger partial charge in [0.05, 0.1) is 13.2 Å². The lowest BCUT2D eigenvalue weighted by Gasteiger charge is -2.33. The number of halogens is 1. The average Bonchev–Trinajstić information content (AvgIpc) is 2.80. The van der Waals surface area contributed by atoms with Gasteiger partial charge in [0.1, 0.15) is 11.9 Å². The van der Waals surface area contributed by atoms with Gasteiger partial charge in [-0.05, 0) is 24.6 Å². The minimum Gasteiger partial charge on any atom is -0.370 e. The minimum atomic E-state index is 0.0776. The second-order valence-electron chi connectivity index (χ2n) is 4.96. The summed E-state index contributed by atoms with van der Waals surface area (Å²) in [6.45, 7) is 4.31. The summed E-state index contributed by atoms with van der Waals surface area (Å²) in [4.78, 5) is 2.23. The van der Waals surface area contributed by atoms with Crippen LogP contribution in [-0.2, 0) is 11.8 Å². The van der Waals surface area contributed by atoms with E-state index in [1.54, 1.807) is 0 Å². The predicted molar refractivity (Wildman–Crippen MR) is 80.8 cm³/mol. The molecule has 0 bridgehead atoms. The lowest BCUT2D eigenvalue weighted by Crippen LogP contribution is -2.39. The Bertz CT molecular complexity index is 596. The largest absolute Gasteiger partial charge is 0.370 e. The zero-order chi connectivity index (χ0) is 14.1. The van der Waals surface area contributed by atoms with E-state index in [0.717, 1.165) is 29.3 Å². The first kappa shape index (κ1) is 13.6. The first-order chi connectivity index (χ1) is 9.65. The van der Waals surface area contributed by atoms with Crippen molar-refractivity contribution in [2.75, 3.05) is 24.6 Å². The maximum absolute atomic E-state index is 5.89. The van der Waals surface area contributed by atoms with Crippen LogP contribution in [0.3, 0.4) is 0 Å². The molecule has 20 heavy (non-hydrogen) atoms. The van der Waals surface area contributed by atoms with E-state index in [1.807, 2.05) is 30.7 Å². The molecule has 0 amide bonds. The van der Waals surface area contributed by atoms with Gasteiger partial charge >= 0.3 is 0 Å². The molecule has 0 radical (unpaired) electrons. The Morgan fingerprint density at radius 3 is 2.65 bits per heavy atom. The lowest BCUT2D eigenvalue weighted by molar-refractivity contribution is 0.0390. The Balaban J connectivity index is 1.80. The first-order valence-electron chi connectivity index (χ1n) is 6.63. The summed E-state index contributed by atoms with van der Waals surface area (Å²) < 4.78 is 8.99. The van der Waals surface area contributed by atoms with Crippen LogP contribution in [0.15, 0.2) is 28.7 Å². The van der Waals surface area contributed by atoms with Crippen LogP contribution in [0.25, 0.3) is 0 Å². The number of ether oxygens (including phenoxy) is 1. The third-order valence-electron chi connectivity index (χ3n) is 3.66. The summed E-state index contributed by atoms with van der Waals surface area (Å²) in [6.07, 6.45) is 0.0776. The van der Waals surface area contributed by atoms with E-state index in [2.05, 4.69) is 43.2 Å². The summed E-state index contributed by atoms with van der Waals surface area (Å²) in [5.41, 5.74) is 1.19. The standard InChI is InChI=1S/C14H17BrN4O/c1-10-16-17-14(18(10)2)19-7-8-20-13(9-19)11-3-5-12(15)6-4-11/h3-6,13H,7-9H2,1-2H3. The highest BCUT2D eigenvalue weighted by molar-refractivity contribution is 9.10. The molecule has 0 N–H and O–H groups in total. The maximum Gasteiger partial charge on any atom is 0.227 e. The third kappa shape index (κ3) is 2.58. The van der Waals surface area contributed by atoms with Crippen molar-refractivity contribution in [3.63, 3.8) is 0 Å². The van der Waals surface area contributed by atoms with Gasteiger partial charge in [-0.15, -0.1) is 10.2 Å².